The summed E-state index contributed by atoms with van der Waals surface area (Å²) in [4.78, 5) is 14.6. The monoisotopic (exact) mass is 442 g/mol. The first-order valence-electron chi connectivity index (χ1n) is 10.9. The fourth-order valence-electron chi connectivity index (χ4n) is 4.93. The summed E-state index contributed by atoms with van der Waals surface area (Å²) in [6.45, 7) is 2.14. The topological polar surface area (TPSA) is 68.1 Å². The van der Waals surface area contributed by atoms with Crippen LogP contribution >= 0.6 is 11.6 Å². The summed E-state index contributed by atoms with van der Waals surface area (Å²) in [5.41, 5.74) is 7.44. The van der Waals surface area contributed by atoms with Crippen molar-refractivity contribution in [1.29, 1.82) is 0 Å². The Kier molecular flexibility index (Phi) is 6.35. The lowest BCUT2D eigenvalue weighted by Crippen LogP contribution is -2.49. The average Bonchev–Trinajstić information content (AvgIpc) is 2.76. The van der Waals surface area contributed by atoms with Crippen molar-refractivity contribution in [3.05, 3.63) is 75.4 Å². The highest BCUT2D eigenvalue weighted by atomic mass is 35.5. The van der Waals surface area contributed by atoms with E-state index in [-0.39, 0.29) is 28.9 Å². The normalized spacial score (nSPS) is 22.4. The van der Waals surface area contributed by atoms with E-state index in [0.29, 0.717) is 16.2 Å². The molecule has 0 bridgehead atoms. The van der Waals surface area contributed by atoms with Gasteiger partial charge in [0.1, 0.15) is 11.6 Å². The van der Waals surface area contributed by atoms with E-state index in [9.17, 15) is 9.18 Å². The number of aromatic nitrogens is 1. The van der Waals surface area contributed by atoms with Crippen molar-refractivity contribution in [1.82, 2.24) is 4.98 Å². The van der Waals surface area contributed by atoms with Crippen molar-refractivity contribution >= 4 is 22.4 Å². The summed E-state index contributed by atoms with van der Waals surface area (Å²) >= 11 is 6.42. The molecule has 0 amide bonds. The van der Waals surface area contributed by atoms with Crippen LogP contribution in [0.1, 0.15) is 51.0 Å². The van der Waals surface area contributed by atoms with Gasteiger partial charge in [0.05, 0.1) is 11.1 Å². The number of hydrogen-bond donors (Lipinski definition) is 2. The van der Waals surface area contributed by atoms with E-state index < -0.39 is 0 Å². The first-order chi connectivity index (χ1) is 14.9. The maximum atomic E-state index is 13.5. The Morgan fingerprint density at radius 2 is 1.94 bits per heavy atom. The van der Waals surface area contributed by atoms with E-state index in [0.717, 1.165) is 49.5 Å². The lowest BCUT2D eigenvalue weighted by Gasteiger charge is -2.45. The standard InChI is InChI=1S/C25H28ClFN2O2/c1-2-3-23(28)25(17-4-6-18(27)7-5-17)11-8-19(9-12-25)31-22-14-16-10-13-29-24(30)20(16)15-21(22)26/h4-7,10,13-15,19,23H,2-3,8-9,11-12,28H2,1H3,(H,29,30). The second-order valence-corrected chi connectivity index (χ2v) is 8.96. The molecule has 1 fully saturated rings. The number of rotatable bonds is 6. The zero-order valence-electron chi connectivity index (χ0n) is 17.7. The number of ether oxygens (including phenoxy) is 1. The molecule has 1 aliphatic rings. The van der Waals surface area contributed by atoms with Crippen molar-refractivity contribution in [3.8, 4) is 5.75 Å². The Morgan fingerprint density at radius 3 is 2.61 bits per heavy atom. The van der Waals surface area contributed by atoms with Gasteiger partial charge in [-0.3, -0.25) is 4.79 Å². The number of nitrogens with one attached hydrogen (secondary N) is 1. The number of H-pyrrole nitrogens is 1. The molecular formula is C25H28ClFN2O2. The number of halogens is 2. The van der Waals surface area contributed by atoms with E-state index in [2.05, 4.69) is 11.9 Å². The first-order valence-corrected chi connectivity index (χ1v) is 11.3. The van der Waals surface area contributed by atoms with Crippen molar-refractivity contribution in [3.63, 3.8) is 0 Å². The molecule has 4 nitrogen and oxygen atoms in total. The number of fused-ring (bicyclic) bond motifs is 1. The quantitative estimate of drug-likeness (QED) is 0.514. The third-order valence-corrected chi connectivity index (χ3v) is 6.97. The second kappa shape index (κ2) is 9.01. The Labute approximate surface area is 186 Å². The highest BCUT2D eigenvalue weighted by Crippen LogP contribution is 2.44. The van der Waals surface area contributed by atoms with Crippen molar-refractivity contribution in [2.75, 3.05) is 0 Å². The van der Waals surface area contributed by atoms with Crippen LogP contribution < -0.4 is 16.0 Å². The molecule has 2 aromatic carbocycles. The van der Waals surface area contributed by atoms with Crippen molar-refractivity contribution in [2.24, 2.45) is 5.73 Å². The average molecular weight is 443 g/mol. The number of hydrogen-bond acceptors (Lipinski definition) is 3. The van der Waals surface area contributed by atoms with Crippen LogP contribution in [0.2, 0.25) is 5.02 Å². The lowest BCUT2D eigenvalue weighted by molar-refractivity contribution is 0.103. The molecule has 4 rings (SSSR count). The Bertz CT molecular complexity index is 1100. The molecule has 164 valence electrons. The predicted molar refractivity (Wildman–Crippen MR) is 123 cm³/mol. The minimum atomic E-state index is -0.232. The van der Waals surface area contributed by atoms with Crippen LogP contribution in [0, 0.1) is 5.82 Å². The number of nitrogens with two attached hydrogens (primary N) is 1. The van der Waals surface area contributed by atoms with Crippen LogP contribution in [0.4, 0.5) is 4.39 Å². The molecule has 1 unspecified atom stereocenters. The number of pyridine rings is 1. The SMILES string of the molecule is CCCC(N)C1(c2ccc(F)cc2)CCC(Oc2cc3cc[nH]c(=O)c3cc2Cl)CC1. The summed E-state index contributed by atoms with van der Waals surface area (Å²) in [5.74, 6) is 0.363. The molecule has 3 aromatic rings. The first kappa shape index (κ1) is 21.8. The molecular weight excluding hydrogens is 415 g/mol. The highest BCUT2D eigenvalue weighted by Gasteiger charge is 2.42. The van der Waals surface area contributed by atoms with Crippen LogP contribution in [-0.4, -0.2) is 17.1 Å². The number of aromatic amines is 1. The lowest BCUT2D eigenvalue weighted by atomic mass is 9.63. The third-order valence-electron chi connectivity index (χ3n) is 6.67. The number of benzene rings is 2. The summed E-state index contributed by atoms with van der Waals surface area (Å²) in [6.07, 6.45) is 6.97. The van der Waals surface area contributed by atoms with Gasteiger partial charge < -0.3 is 15.5 Å². The molecule has 3 N–H and O–H groups in total. The largest absolute Gasteiger partial charge is 0.489 e. The highest BCUT2D eigenvalue weighted by molar-refractivity contribution is 6.32. The Balaban J connectivity index is 1.55. The maximum Gasteiger partial charge on any atom is 0.255 e. The molecule has 0 aliphatic heterocycles. The van der Waals surface area contributed by atoms with Crippen LogP contribution in [0.5, 0.6) is 5.75 Å². The van der Waals surface area contributed by atoms with Crippen LogP contribution in [0.15, 0.2) is 53.5 Å². The van der Waals surface area contributed by atoms with Crippen molar-refractivity contribution in [2.45, 2.75) is 63.0 Å². The fourth-order valence-corrected chi connectivity index (χ4v) is 5.13. The second-order valence-electron chi connectivity index (χ2n) is 8.55. The van der Waals surface area contributed by atoms with E-state index in [1.54, 1.807) is 12.3 Å². The van der Waals surface area contributed by atoms with Gasteiger partial charge in [0.25, 0.3) is 5.56 Å². The van der Waals surface area contributed by atoms with Gasteiger partial charge in [-0.25, -0.2) is 4.39 Å². The molecule has 0 spiro atoms. The minimum Gasteiger partial charge on any atom is -0.489 e. The molecule has 31 heavy (non-hydrogen) atoms. The molecule has 0 radical (unpaired) electrons. The Hall–Kier alpha value is -2.37. The third kappa shape index (κ3) is 4.35. The summed E-state index contributed by atoms with van der Waals surface area (Å²) in [6, 6.07) is 12.1. The van der Waals surface area contributed by atoms with Crippen LogP contribution in [0.3, 0.4) is 0 Å². The van der Waals surface area contributed by atoms with E-state index in [1.807, 2.05) is 24.3 Å². The zero-order chi connectivity index (χ0) is 22.0. The van der Waals surface area contributed by atoms with Gasteiger partial charge >= 0.3 is 0 Å². The van der Waals surface area contributed by atoms with E-state index >= 15 is 0 Å². The van der Waals surface area contributed by atoms with E-state index in [1.165, 1.54) is 12.1 Å². The molecule has 1 aromatic heterocycles. The summed E-state index contributed by atoms with van der Waals surface area (Å²) in [7, 11) is 0. The molecule has 1 heterocycles. The molecule has 1 atom stereocenters. The zero-order valence-corrected chi connectivity index (χ0v) is 18.4. The van der Waals surface area contributed by atoms with Crippen LogP contribution in [0.25, 0.3) is 10.8 Å². The maximum absolute atomic E-state index is 13.5. The Morgan fingerprint density at radius 1 is 1.23 bits per heavy atom. The molecule has 1 saturated carbocycles. The molecule has 0 saturated heterocycles. The van der Waals surface area contributed by atoms with Gasteiger partial charge in [-0.05, 0) is 73.4 Å². The summed E-state index contributed by atoms with van der Waals surface area (Å²) < 4.78 is 19.8. The molecule has 1 aliphatic carbocycles. The van der Waals surface area contributed by atoms with Crippen molar-refractivity contribution < 1.29 is 9.13 Å². The smallest absolute Gasteiger partial charge is 0.255 e. The van der Waals surface area contributed by atoms with Gasteiger partial charge in [-0.15, -0.1) is 0 Å². The van der Waals surface area contributed by atoms with Gasteiger partial charge in [0, 0.05) is 23.0 Å². The minimum absolute atomic E-state index is 0.0133. The van der Waals surface area contributed by atoms with E-state index in [4.69, 9.17) is 22.1 Å². The molecule has 6 heteroatoms. The van der Waals surface area contributed by atoms with Crippen LogP contribution in [-0.2, 0) is 5.41 Å². The van der Waals surface area contributed by atoms with Gasteiger partial charge in [0.15, 0.2) is 0 Å². The van der Waals surface area contributed by atoms with Gasteiger partial charge in [-0.1, -0.05) is 37.1 Å². The van der Waals surface area contributed by atoms with Gasteiger partial charge in [0.2, 0.25) is 0 Å². The summed E-state index contributed by atoms with van der Waals surface area (Å²) in [5, 5.41) is 1.77. The fraction of sp³-hybridized carbons (Fsp3) is 0.400. The predicted octanol–water partition coefficient (Wildman–Crippen LogP) is 5.71. The van der Waals surface area contributed by atoms with Gasteiger partial charge in [-0.2, -0.15) is 0 Å².